The Labute approximate surface area is 119 Å². The van der Waals surface area contributed by atoms with Crippen LogP contribution in [0.4, 0.5) is 8.78 Å². The molecule has 0 aliphatic carbocycles. The first-order chi connectivity index (χ1) is 9.66. The van der Waals surface area contributed by atoms with Crippen LogP contribution in [-0.2, 0) is 6.42 Å². The third-order valence-electron chi connectivity index (χ3n) is 2.63. The summed E-state index contributed by atoms with van der Waals surface area (Å²) >= 11 is 0.375. The van der Waals surface area contributed by atoms with Crippen molar-refractivity contribution < 1.29 is 18.0 Å². The van der Waals surface area contributed by atoms with Gasteiger partial charge in [0.2, 0.25) is 0 Å². The highest BCUT2D eigenvalue weighted by Crippen LogP contribution is 2.28. The molecule has 0 radical (unpaired) electrons. The summed E-state index contributed by atoms with van der Waals surface area (Å²) in [5, 5.41) is 2.71. The molecule has 0 fully saturated rings. The molecule has 0 bridgehead atoms. The number of carbonyl (C=O) groups is 1. The summed E-state index contributed by atoms with van der Waals surface area (Å²) in [6.07, 6.45) is 3.80. The van der Waals surface area contributed by atoms with Gasteiger partial charge < -0.3 is 9.73 Å². The zero-order valence-corrected chi connectivity index (χ0v) is 11.3. The Morgan fingerprint density at radius 2 is 2.10 bits per heavy atom. The van der Waals surface area contributed by atoms with Crippen LogP contribution in [0, 0.1) is 0 Å². The maximum atomic E-state index is 12.4. The largest absolute Gasteiger partial charge is 0.472 e. The van der Waals surface area contributed by atoms with Gasteiger partial charge in [0.05, 0.1) is 18.1 Å². The molecule has 0 unspecified atom stereocenters. The van der Waals surface area contributed by atoms with Crippen LogP contribution in [0.3, 0.4) is 0 Å². The number of amides is 1. The number of nitrogens with one attached hydrogen (secondary N) is 1. The normalized spacial score (nSPS) is 10.8. The molecule has 1 N–H and O–H groups in total. The minimum Gasteiger partial charge on any atom is -0.472 e. The minimum atomic E-state index is -2.55. The fourth-order valence-corrected chi connectivity index (χ4v) is 2.34. The number of alkyl halides is 2. The molecule has 2 aromatic rings. The van der Waals surface area contributed by atoms with Crippen LogP contribution in [0.1, 0.15) is 15.9 Å². The first-order valence-corrected chi connectivity index (χ1v) is 6.88. The standard InChI is InChI=1S/C14H13F2NO2S/c15-14(16)20-12-4-2-1-3-11(12)13(18)17-7-5-10-6-8-19-9-10/h1-4,6,8-9,14H,5,7H2,(H,17,18). The smallest absolute Gasteiger partial charge is 0.288 e. The molecule has 0 atom stereocenters. The van der Waals surface area contributed by atoms with Crippen LogP contribution < -0.4 is 5.32 Å². The second-order valence-corrected chi connectivity index (χ2v) is 5.04. The summed E-state index contributed by atoms with van der Waals surface area (Å²) in [6.45, 7) is 0.423. The SMILES string of the molecule is O=C(NCCc1ccoc1)c1ccccc1SC(F)F. The second-order valence-electron chi connectivity index (χ2n) is 4.01. The van der Waals surface area contributed by atoms with Crippen molar-refractivity contribution in [2.24, 2.45) is 0 Å². The Kier molecular flexibility index (Phi) is 5.17. The Morgan fingerprint density at radius 3 is 2.80 bits per heavy atom. The van der Waals surface area contributed by atoms with E-state index in [0.717, 1.165) is 5.56 Å². The molecule has 0 saturated carbocycles. The van der Waals surface area contributed by atoms with Gasteiger partial charge in [0.25, 0.3) is 11.7 Å². The third-order valence-corrected chi connectivity index (χ3v) is 3.42. The number of halogens is 2. The average Bonchev–Trinajstić information content (AvgIpc) is 2.91. The lowest BCUT2D eigenvalue weighted by atomic mass is 10.2. The van der Waals surface area contributed by atoms with Gasteiger partial charge in [-0.05, 0) is 30.2 Å². The van der Waals surface area contributed by atoms with Crippen molar-refractivity contribution in [2.45, 2.75) is 17.1 Å². The van der Waals surface area contributed by atoms with E-state index in [1.165, 1.54) is 12.1 Å². The Bertz CT molecular complexity index is 558. The van der Waals surface area contributed by atoms with E-state index < -0.39 is 5.76 Å². The Balaban J connectivity index is 1.94. The summed E-state index contributed by atoms with van der Waals surface area (Å²) in [6, 6.07) is 8.15. The van der Waals surface area contributed by atoms with E-state index in [4.69, 9.17) is 4.42 Å². The minimum absolute atomic E-state index is 0.269. The predicted molar refractivity (Wildman–Crippen MR) is 73.0 cm³/mol. The number of benzene rings is 1. The number of hydrogen-bond acceptors (Lipinski definition) is 3. The number of furan rings is 1. The van der Waals surface area contributed by atoms with E-state index in [2.05, 4.69) is 5.32 Å². The van der Waals surface area contributed by atoms with Gasteiger partial charge in [-0.1, -0.05) is 23.9 Å². The van der Waals surface area contributed by atoms with E-state index in [-0.39, 0.29) is 16.4 Å². The van der Waals surface area contributed by atoms with Crippen LogP contribution in [0.5, 0.6) is 0 Å². The highest BCUT2D eigenvalue weighted by molar-refractivity contribution is 7.99. The zero-order chi connectivity index (χ0) is 14.4. The van der Waals surface area contributed by atoms with Crippen molar-refractivity contribution in [1.29, 1.82) is 0 Å². The number of carbonyl (C=O) groups excluding carboxylic acids is 1. The first-order valence-electron chi connectivity index (χ1n) is 6.00. The summed E-state index contributed by atoms with van der Waals surface area (Å²) in [7, 11) is 0. The Morgan fingerprint density at radius 1 is 1.30 bits per heavy atom. The number of rotatable bonds is 6. The molecule has 1 aromatic heterocycles. The lowest BCUT2D eigenvalue weighted by Crippen LogP contribution is -2.26. The molecule has 1 heterocycles. The molecule has 0 saturated heterocycles. The summed E-state index contributed by atoms with van der Waals surface area (Å²) in [4.78, 5) is 12.3. The maximum Gasteiger partial charge on any atom is 0.288 e. The molecule has 0 spiro atoms. The average molecular weight is 297 g/mol. The zero-order valence-electron chi connectivity index (χ0n) is 10.5. The van der Waals surface area contributed by atoms with E-state index in [0.29, 0.717) is 24.7 Å². The van der Waals surface area contributed by atoms with Gasteiger partial charge in [-0.3, -0.25) is 4.79 Å². The van der Waals surface area contributed by atoms with Gasteiger partial charge >= 0.3 is 0 Å². The highest BCUT2D eigenvalue weighted by atomic mass is 32.2. The van der Waals surface area contributed by atoms with Crippen molar-refractivity contribution in [3.8, 4) is 0 Å². The molecule has 1 amide bonds. The fraction of sp³-hybridized carbons (Fsp3) is 0.214. The summed E-state index contributed by atoms with van der Waals surface area (Å²) < 4.78 is 29.8. The second kappa shape index (κ2) is 7.09. The van der Waals surface area contributed by atoms with Crippen LogP contribution in [0.2, 0.25) is 0 Å². The van der Waals surface area contributed by atoms with Gasteiger partial charge in [0.15, 0.2) is 0 Å². The highest BCUT2D eigenvalue weighted by Gasteiger charge is 2.14. The van der Waals surface area contributed by atoms with Gasteiger partial charge in [-0.15, -0.1) is 0 Å². The molecule has 0 aliphatic rings. The third kappa shape index (κ3) is 4.09. The lowest BCUT2D eigenvalue weighted by Gasteiger charge is -2.09. The maximum absolute atomic E-state index is 12.4. The molecular weight excluding hydrogens is 284 g/mol. The fourth-order valence-electron chi connectivity index (χ4n) is 1.70. The van der Waals surface area contributed by atoms with Gasteiger partial charge in [0.1, 0.15) is 0 Å². The summed E-state index contributed by atoms with van der Waals surface area (Å²) in [5.74, 6) is -2.90. The van der Waals surface area contributed by atoms with Crippen LogP contribution in [0.25, 0.3) is 0 Å². The molecule has 20 heavy (non-hydrogen) atoms. The van der Waals surface area contributed by atoms with Gasteiger partial charge in [-0.2, -0.15) is 8.78 Å². The lowest BCUT2D eigenvalue weighted by molar-refractivity contribution is 0.0951. The van der Waals surface area contributed by atoms with E-state index >= 15 is 0 Å². The monoisotopic (exact) mass is 297 g/mol. The van der Waals surface area contributed by atoms with Crippen LogP contribution in [0.15, 0.2) is 52.2 Å². The van der Waals surface area contributed by atoms with Crippen LogP contribution >= 0.6 is 11.8 Å². The van der Waals surface area contributed by atoms with E-state index in [1.807, 2.05) is 6.07 Å². The predicted octanol–water partition coefficient (Wildman–Crippen LogP) is 3.57. The van der Waals surface area contributed by atoms with Crippen molar-refractivity contribution in [3.63, 3.8) is 0 Å². The first kappa shape index (κ1) is 14.6. The molecule has 2 rings (SSSR count). The molecule has 3 nitrogen and oxygen atoms in total. The topological polar surface area (TPSA) is 42.2 Å². The van der Waals surface area contributed by atoms with Crippen molar-refractivity contribution in [1.82, 2.24) is 5.32 Å². The Hall–Kier alpha value is -1.82. The molecule has 6 heteroatoms. The quantitative estimate of drug-likeness (QED) is 0.829. The molecule has 0 aliphatic heterocycles. The van der Waals surface area contributed by atoms with Crippen LogP contribution in [-0.4, -0.2) is 18.2 Å². The number of thioether (sulfide) groups is 1. The van der Waals surface area contributed by atoms with Crippen molar-refractivity contribution >= 4 is 17.7 Å². The van der Waals surface area contributed by atoms with E-state index in [9.17, 15) is 13.6 Å². The van der Waals surface area contributed by atoms with E-state index in [1.54, 1.807) is 24.7 Å². The molecule has 1 aromatic carbocycles. The van der Waals surface area contributed by atoms with Gasteiger partial charge in [0, 0.05) is 11.4 Å². The van der Waals surface area contributed by atoms with Crippen molar-refractivity contribution in [3.05, 3.63) is 54.0 Å². The molecule has 106 valence electrons. The summed E-state index contributed by atoms with van der Waals surface area (Å²) in [5.41, 5.74) is 1.24. The van der Waals surface area contributed by atoms with Gasteiger partial charge in [-0.25, -0.2) is 0 Å². The molecular formula is C14H13F2NO2S. The van der Waals surface area contributed by atoms with Crippen molar-refractivity contribution in [2.75, 3.05) is 6.54 Å². The number of hydrogen-bond donors (Lipinski definition) is 1.